The third-order valence-electron chi connectivity index (χ3n) is 3.65. The van der Waals surface area contributed by atoms with Crippen molar-refractivity contribution in [3.63, 3.8) is 0 Å². The van der Waals surface area contributed by atoms with E-state index in [-0.39, 0.29) is 5.91 Å². The second-order valence-electron chi connectivity index (χ2n) is 5.46. The van der Waals surface area contributed by atoms with Crippen molar-refractivity contribution in [2.24, 2.45) is 0 Å². The van der Waals surface area contributed by atoms with Gasteiger partial charge < -0.3 is 10.1 Å². The molecule has 0 radical (unpaired) electrons. The van der Waals surface area contributed by atoms with Gasteiger partial charge >= 0.3 is 0 Å². The highest BCUT2D eigenvalue weighted by atomic mass is 16.5. The van der Waals surface area contributed by atoms with E-state index in [0.29, 0.717) is 5.56 Å². The van der Waals surface area contributed by atoms with Gasteiger partial charge in [-0.25, -0.2) is 0 Å². The Hall–Kier alpha value is -1.51. The fraction of sp³-hybridized carbons (Fsp3) is 0.611. The van der Waals surface area contributed by atoms with Gasteiger partial charge in [-0.2, -0.15) is 0 Å². The van der Waals surface area contributed by atoms with E-state index >= 15 is 0 Å². The van der Waals surface area contributed by atoms with Gasteiger partial charge in [0.2, 0.25) is 0 Å². The second kappa shape index (κ2) is 11.2. The molecule has 21 heavy (non-hydrogen) atoms. The van der Waals surface area contributed by atoms with E-state index in [1.54, 1.807) is 13.2 Å². The van der Waals surface area contributed by atoms with Crippen LogP contribution in [0.15, 0.2) is 24.3 Å². The molecule has 0 saturated carbocycles. The van der Waals surface area contributed by atoms with E-state index in [1.807, 2.05) is 18.2 Å². The first-order chi connectivity index (χ1) is 10.3. The van der Waals surface area contributed by atoms with Gasteiger partial charge in [0, 0.05) is 12.1 Å². The molecule has 0 atom stereocenters. The number of hydrogen-bond donors (Lipinski definition) is 1. The highest BCUT2D eigenvalue weighted by Gasteiger charge is 2.05. The minimum Gasteiger partial charge on any atom is -0.497 e. The molecule has 1 amide bonds. The van der Waals surface area contributed by atoms with Crippen LogP contribution in [0.25, 0.3) is 0 Å². The highest BCUT2D eigenvalue weighted by molar-refractivity contribution is 5.94. The fourth-order valence-electron chi connectivity index (χ4n) is 2.33. The van der Waals surface area contributed by atoms with Gasteiger partial charge in [-0.1, -0.05) is 57.9 Å². The molecule has 118 valence electrons. The van der Waals surface area contributed by atoms with E-state index in [4.69, 9.17) is 4.74 Å². The van der Waals surface area contributed by atoms with Crippen molar-refractivity contribution < 1.29 is 9.53 Å². The first kappa shape index (κ1) is 17.5. The molecule has 0 aliphatic heterocycles. The number of nitrogens with one attached hydrogen (secondary N) is 1. The average molecular weight is 291 g/mol. The molecule has 0 saturated heterocycles. The Morgan fingerprint density at radius 3 is 2.38 bits per heavy atom. The van der Waals surface area contributed by atoms with Crippen molar-refractivity contribution >= 4 is 5.91 Å². The Balaban J connectivity index is 2.08. The number of rotatable bonds is 11. The summed E-state index contributed by atoms with van der Waals surface area (Å²) < 4.78 is 5.12. The molecule has 1 aromatic carbocycles. The van der Waals surface area contributed by atoms with Crippen LogP contribution in [0.5, 0.6) is 5.75 Å². The summed E-state index contributed by atoms with van der Waals surface area (Å²) in [6.07, 6.45) is 10.2. The summed E-state index contributed by atoms with van der Waals surface area (Å²) >= 11 is 0. The molecule has 0 bridgehead atoms. The predicted octanol–water partition coefficient (Wildman–Crippen LogP) is 4.57. The Labute approximate surface area is 129 Å². The topological polar surface area (TPSA) is 38.3 Å². The number of amides is 1. The summed E-state index contributed by atoms with van der Waals surface area (Å²) in [6.45, 7) is 3.00. The summed E-state index contributed by atoms with van der Waals surface area (Å²) in [5, 5.41) is 2.97. The molecule has 1 N–H and O–H groups in total. The van der Waals surface area contributed by atoms with E-state index in [0.717, 1.165) is 18.7 Å². The molecular weight excluding hydrogens is 262 g/mol. The van der Waals surface area contributed by atoms with Crippen LogP contribution in [-0.2, 0) is 0 Å². The van der Waals surface area contributed by atoms with Gasteiger partial charge in [-0.15, -0.1) is 0 Å². The van der Waals surface area contributed by atoms with Crippen LogP contribution in [0, 0.1) is 0 Å². The normalized spacial score (nSPS) is 10.4. The zero-order valence-corrected chi connectivity index (χ0v) is 13.5. The molecule has 1 aromatic rings. The Bertz CT molecular complexity index is 404. The largest absolute Gasteiger partial charge is 0.497 e. The van der Waals surface area contributed by atoms with Crippen molar-refractivity contribution in [2.45, 2.75) is 58.3 Å². The maximum atomic E-state index is 12.0. The van der Waals surface area contributed by atoms with E-state index in [1.165, 1.54) is 44.9 Å². The number of methoxy groups -OCH3 is 1. The van der Waals surface area contributed by atoms with Gasteiger partial charge in [-0.05, 0) is 24.6 Å². The fourth-order valence-corrected chi connectivity index (χ4v) is 2.33. The first-order valence-corrected chi connectivity index (χ1v) is 8.20. The van der Waals surface area contributed by atoms with Crippen LogP contribution in [0.2, 0.25) is 0 Å². The van der Waals surface area contributed by atoms with Crippen molar-refractivity contribution in [1.82, 2.24) is 5.32 Å². The lowest BCUT2D eigenvalue weighted by Crippen LogP contribution is -2.24. The summed E-state index contributed by atoms with van der Waals surface area (Å²) in [7, 11) is 1.61. The van der Waals surface area contributed by atoms with Gasteiger partial charge in [0.25, 0.3) is 5.91 Å². The zero-order chi connectivity index (χ0) is 15.3. The van der Waals surface area contributed by atoms with Crippen molar-refractivity contribution in [3.05, 3.63) is 29.8 Å². The SMILES string of the molecule is CCCCCCCCCCNC(=O)c1cccc(OC)c1. The lowest BCUT2D eigenvalue weighted by molar-refractivity contribution is 0.0952. The first-order valence-electron chi connectivity index (χ1n) is 8.20. The van der Waals surface area contributed by atoms with Gasteiger partial charge in [0.05, 0.1) is 7.11 Å². The van der Waals surface area contributed by atoms with Crippen molar-refractivity contribution in [2.75, 3.05) is 13.7 Å². The number of hydrogen-bond acceptors (Lipinski definition) is 2. The summed E-state index contributed by atoms with van der Waals surface area (Å²) in [4.78, 5) is 12.0. The molecule has 0 unspecified atom stereocenters. The number of ether oxygens (including phenoxy) is 1. The summed E-state index contributed by atoms with van der Waals surface area (Å²) in [5.74, 6) is 0.701. The summed E-state index contributed by atoms with van der Waals surface area (Å²) in [5.41, 5.74) is 0.661. The Morgan fingerprint density at radius 1 is 1.05 bits per heavy atom. The van der Waals surface area contributed by atoms with Crippen LogP contribution < -0.4 is 10.1 Å². The monoisotopic (exact) mass is 291 g/mol. The van der Waals surface area contributed by atoms with Gasteiger partial charge in [-0.3, -0.25) is 4.79 Å². The quantitative estimate of drug-likeness (QED) is 0.607. The molecular formula is C18H29NO2. The standard InChI is InChI=1S/C18H29NO2/c1-3-4-5-6-7-8-9-10-14-19-18(20)16-12-11-13-17(15-16)21-2/h11-13,15H,3-10,14H2,1-2H3,(H,19,20). The third kappa shape index (κ3) is 7.74. The lowest BCUT2D eigenvalue weighted by Gasteiger charge is -2.06. The van der Waals surface area contributed by atoms with Crippen molar-refractivity contribution in [3.8, 4) is 5.75 Å². The number of benzene rings is 1. The maximum Gasteiger partial charge on any atom is 0.251 e. The smallest absolute Gasteiger partial charge is 0.251 e. The molecule has 3 nitrogen and oxygen atoms in total. The second-order valence-corrected chi connectivity index (χ2v) is 5.46. The molecule has 0 fully saturated rings. The van der Waals surface area contributed by atoms with Gasteiger partial charge in [0.15, 0.2) is 0 Å². The Kier molecular flexibility index (Phi) is 9.34. The number of carbonyl (C=O) groups excluding carboxylic acids is 1. The van der Waals surface area contributed by atoms with E-state index < -0.39 is 0 Å². The zero-order valence-electron chi connectivity index (χ0n) is 13.5. The Morgan fingerprint density at radius 2 is 1.71 bits per heavy atom. The molecule has 1 rings (SSSR count). The van der Waals surface area contributed by atoms with E-state index in [9.17, 15) is 4.79 Å². The number of unbranched alkanes of at least 4 members (excludes halogenated alkanes) is 7. The molecule has 0 heterocycles. The lowest BCUT2D eigenvalue weighted by atomic mass is 10.1. The van der Waals surface area contributed by atoms with Crippen LogP contribution >= 0.6 is 0 Å². The maximum absolute atomic E-state index is 12.0. The van der Waals surface area contributed by atoms with Crippen LogP contribution in [0.1, 0.15) is 68.6 Å². The van der Waals surface area contributed by atoms with Crippen LogP contribution in [0.4, 0.5) is 0 Å². The third-order valence-corrected chi connectivity index (χ3v) is 3.65. The molecule has 0 spiro atoms. The van der Waals surface area contributed by atoms with Crippen molar-refractivity contribution in [1.29, 1.82) is 0 Å². The summed E-state index contributed by atoms with van der Waals surface area (Å²) in [6, 6.07) is 7.26. The predicted molar refractivity (Wildman–Crippen MR) is 87.9 cm³/mol. The molecule has 0 aromatic heterocycles. The molecule has 0 aliphatic rings. The van der Waals surface area contributed by atoms with E-state index in [2.05, 4.69) is 12.2 Å². The molecule has 0 aliphatic carbocycles. The minimum atomic E-state index is -0.0168. The highest BCUT2D eigenvalue weighted by Crippen LogP contribution is 2.12. The van der Waals surface area contributed by atoms with Crippen LogP contribution in [-0.4, -0.2) is 19.6 Å². The minimum absolute atomic E-state index is 0.0168. The average Bonchev–Trinajstić information content (AvgIpc) is 2.53. The van der Waals surface area contributed by atoms with Gasteiger partial charge in [0.1, 0.15) is 5.75 Å². The van der Waals surface area contributed by atoms with Crippen LogP contribution in [0.3, 0.4) is 0 Å². The molecule has 3 heteroatoms. The number of carbonyl (C=O) groups is 1.